The molecule has 0 saturated heterocycles. The van der Waals surface area contributed by atoms with Crippen molar-refractivity contribution in [1.29, 1.82) is 5.26 Å². The fraction of sp³-hybridized carbons (Fsp3) is 0.429. The molecule has 150 valence electrons. The molecule has 0 amide bonds. The normalized spacial score (nSPS) is 20.8. The van der Waals surface area contributed by atoms with Gasteiger partial charge in [-0.2, -0.15) is 22.8 Å². The molecule has 1 fully saturated rings. The summed E-state index contributed by atoms with van der Waals surface area (Å²) in [5.41, 5.74) is -0.785. The Morgan fingerprint density at radius 1 is 1.18 bits per heavy atom. The lowest BCUT2D eigenvalue weighted by Crippen LogP contribution is -2.25. The molecular weight excluding hydrogens is 374 g/mol. The molecule has 0 bridgehead atoms. The van der Waals surface area contributed by atoms with Crippen molar-refractivity contribution in [2.45, 2.75) is 44.7 Å². The molecule has 0 N–H and O–H groups in total. The average molecular weight is 395 g/mol. The predicted molar refractivity (Wildman–Crippen MR) is 95.7 cm³/mol. The minimum atomic E-state index is -4.42. The summed E-state index contributed by atoms with van der Waals surface area (Å²) in [5.74, 6) is -0.909. The molecule has 28 heavy (non-hydrogen) atoms. The van der Waals surface area contributed by atoms with Crippen LogP contribution in [0.2, 0.25) is 0 Å². The van der Waals surface area contributed by atoms with Crippen LogP contribution in [0.5, 0.6) is 5.75 Å². The molecule has 0 atom stereocenters. The summed E-state index contributed by atoms with van der Waals surface area (Å²) in [6.07, 6.45) is 4.79. The van der Waals surface area contributed by atoms with Crippen LogP contribution in [0.15, 0.2) is 48.3 Å². The lowest BCUT2D eigenvalue weighted by atomic mass is 9.80. The molecule has 0 aliphatic heterocycles. The van der Waals surface area contributed by atoms with Crippen molar-refractivity contribution in [3.8, 4) is 11.8 Å². The van der Waals surface area contributed by atoms with Crippen LogP contribution in [0.25, 0.3) is 0 Å². The van der Waals surface area contributed by atoms with Gasteiger partial charge in [0.2, 0.25) is 0 Å². The topological polar surface area (TPSA) is 50.1 Å². The number of carbonyl (C=O) groups excluding carboxylic acids is 1. The van der Waals surface area contributed by atoms with Crippen LogP contribution < -0.4 is 4.74 Å². The summed E-state index contributed by atoms with van der Waals surface area (Å²) < 4.78 is 55.5. The van der Waals surface area contributed by atoms with E-state index in [4.69, 9.17) is 10.00 Å². The number of hydrogen-bond donors (Lipinski definition) is 0. The molecular formula is C21H21F4NO2. The van der Waals surface area contributed by atoms with Gasteiger partial charge in [-0.05, 0) is 74.8 Å². The van der Waals surface area contributed by atoms with Gasteiger partial charge in [0.15, 0.2) is 5.83 Å². The zero-order valence-corrected chi connectivity index (χ0v) is 15.2. The number of ether oxygens (including phenoxy) is 1. The highest BCUT2D eigenvalue weighted by Gasteiger charge is 2.31. The lowest BCUT2D eigenvalue weighted by Gasteiger charge is -2.26. The molecule has 3 nitrogen and oxygen atoms in total. The van der Waals surface area contributed by atoms with Crippen molar-refractivity contribution >= 4 is 5.97 Å². The maximum Gasteiger partial charge on any atom is 0.416 e. The highest BCUT2D eigenvalue weighted by atomic mass is 19.4. The second kappa shape index (κ2) is 10.1. The Morgan fingerprint density at radius 2 is 1.82 bits per heavy atom. The van der Waals surface area contributed by atoms with E-state index in [1.54, 1.807) is 0 Å². The van der Waals surface area contributed by atoms with E-state index >= 15 is 0 Å². The first kappa shape index (κ1) is 21.7. The van der Waals surface area contributed by atoms with E-state index in [2.05, 4.69) is 0 Å². The van der Waals surface area contributed by atoms with Crippen LogP contribution in [0.1, 0.15) is 44.1 Å². The van der Waals surface area contributed by atoms with Crippen molar-refractivity contribution < 1.29 is 27.1 Å². The van der Waals surface area contributed by atoms with Gasteiger partial charge in [0.05, 0.1) is 11.5 Å². The minimum absolute atomic E-state index is 0.114. The van der Waals surface area contributed by atoms with Gasteiger partial charge in [0, 0.05) is 0 Å². The van der Waals surface area contributed by atoms with Crippen molar-refractivity contribution in [2.75, 3.05) is 0 Å². The van der Waals surface area contributed by atoms with Gasteiger partial charge in [-0.25, -0.2) is 0 Å². The van der Waals surface area contributed by atoms with E-state index in [1.165, 1.54) is 12.1 Å². The smallest absolute Gasteiger partial charge is 0.416 e. The van der Waals surface area contributed by atoms with Crippen LogP contribution in [0, 0.1) is 23.2 Å². The van der Waals surface area contributed by atoms with Gasteiger partial charge in [0.25, 0.3) is 0 Å². The van der Waals surface area contributed by atoms with E-state index in [0.717, 1.165) is 56.0 Å². The van der Waals surface area contributed by atoms with E-state index in [-0.39, 0.29) is 11.7 Å². The number of alkyl halides is 3. The molecule has 1 aromatic carbocycles. The van der Waals surface area contributed by atoms with Crippen LogP contribution in [0.3, 0.4) is 0 Å². The average Bonchev–Trinajstić information content (AvgIpc) is 2.67. The standard InChI is InChI=1S/C21H21F4NO2/c22-18(14-26)5-3-1-2-4-15-6-8-16(9-7-15)20(27)28-19-12-10-17(11-13-19)21(23,24)25/h1,3,5,10-13,15-16H,2,4,6-9H2. The first-order valence-corrected chi connectivity index (χ1v) is 9.11. The fourth-order valence-electron chi connectivity index (χ4n) is 3.22. The maximum absolute atomic E-state index is 12.6. The number of hydrogen-bond acceptors (Lipinski definition) is 3. The molecule has 1 aliphatic carbocycles. The maximum atomic E-state index is 12.6. The van der Waals surface area contributed by atoms with Crippen LogP contribution in [0.4, 0.5) is 17.6 Å². The Kier molecular flexibility index (Phi) is 7.80. The highest BCUT2D eigenvalue weighted by molar-refractivity contribution is 5.75. The van der Waals surface area contributed by atoms with Gasteiger partial charge in [-0.1, -0.05) is 12.2 Å². The second-order valence-electron chi connectivity index (χ2n) is 6.79. The molecule has 0 heterocycles. The van der Waals surface area contributed by atoms with Crippen molar-refractivity contribution in [3.63, 3.8) is 0 Å². The number of nitriles is 1. The molecule has 0 radical (unpaired) electrons. The Bertz CT molecular complexity index is 752. The first-order chi connectivity index (χ1) is 13.3. The monoisotopic (exact) mass is 395 g/mol. The SMILES string of the molecule is N#CC(F)=CC=CCCC1CCC(C(=O)Oc2ccc(C(F)(F)F)cc2)CC1. The first-order valence-electron chi connectivity index (χ1n) is 9.11. The Labute approximate surface area is 161 Å². The fourth-order valence-corrected chi connectivity index (χ4v) is 3.22. The zero-order valence-electron chi connectivity index (χ0n) is 15.2. The Hall–Kier alpha value is -2.62. The number of allylic oxidation sites excluding steroid dienone is 4. The highest BCUT2D eigenvalue weighted by Crippen LogP contribution is 2.33. The summed E-state index contributed by atoms with van der Waals surface area (Å²) in [7, 11) is 0. The third-order valence-electron chi connectivity index (χ3n) is 4.81. The third kappa shape index (κ3) is 6.84. The third-order valence-corrected chi connectivity index (χ3v) is 4.81. The lowest BCUT2D eigenvalue weighted by molar-refractivity contribution is -0.140. The summed E-state index contributed by atoms with van der Waals surface area (Å²) >= 11 is 0. The largest absolute Gasteiger partial charge is 0.426 e. The number of carbonyl (C=O) groups is 1. The Morgan fingerprint density at radius 3 is 2.39 bits per heavy atom. The van der Waals surface area contributed by atoms with Gasteiger partial charge in [0.1, 0.15) is 11.8 Å². The van der Waals surface area contributed by atoms with Crippen LogP contribution >= 0.6 is 0 Å². The van der Waals surface area contributed by atoms with Crippen molar-refractivity contribution in [1.82, 2.24) is 0 Å². The second-order valence-corrected chi connectivity index (χ2v) is 6.79. The molecule has 1 aliphatic rings. The number of benzene rings is 1. The van der Waals surface area contributed by atoms with E-state index in [0.29, 0.717) is 18.8 Å². The van der Waals surface area contributed by atoms with E-state index in [1.807, 2.05) is 6.08 Å². The van der Waals surface area contributed by atoms with Gasteiger partial charge >= 0.3 is 12.1 Å². The zero-order chi connectivity index (χ0) is 20.6. The number of nitrogens with zero attached hydrogens (tertiary/aromatic N) is 1. The van der Waals surface area contributed by atoms with E-state index < -0.39 is 23.5 Å². The van der Waals surface area contributed by atoms with Crippen LogP contribution in [-0.2, 0) is 11.0 Å². The van der Waals surface area contributed by atoms with Crippen molar-refractivity contribution in [2.24, 2.45) is 11.8 Å². The van der Waals surface area contributed by atoms with Gasteiger partial charge in [-0.15, -0.1) is 0 Å². The number of esters is 1. The van der Waals surface area contributed by atoms with Crippen molar-refractivity contribution in [3.05, 3.63) is 53.9 Å². The summed E-state index contributed by atoms with van der Waals surface area (Å²) in [6.45, 7) is 0. The molecule has 1 aromatic rings. The molecule has 1 saturated carbocycles. The molecule has 0 unspecified atom stereocenters. The van der Waals surface area contributed by atoms with Gasteiger partial charge < -0.3 is 4.74 Å². The number of rotatable bonds is 6. The van der Waals surface area contributed by atoms with Crippen LogP contribution in [-0.4, -0.2) is 5.97 Å². The quantitative estimate of drug-likeness (QED) is 0.191. The molecule has 0 aromatic heterocycles. The molecule has 7 heteroatoms. The van der Waals surface area contributed by atoms with E-state index in [9.17, 15) is 22.4 Å². The summed E-state index contributed by atoms with van der Waals surface area (Å²) in [6, 6.07) is 5.49. The Balaban J connectivity index is 1.74. The number of halogens is 4. The minimum Gasteiger partial charge on any atom is -0.426 e. The summed E-state index contributed by atoms with van der Waals surface area (Å²) in [4.78, 5) is 12.2. The van der Waals surface area contributed by atoms with Gasteiger partial charge in [-0.3, -0.25) is 4.79 Å². The summed E-state index contributed by atoms with van der Waals surface area (Å²) in [5, 5.41) is 8.29. The predicted octanol–water partition coefficient (Wildman–Crippen LogP) is 6.13. The molecule has 0 spiro atoms. The molecule has 2 rings (SSSR count).